The van der Waals surface area contributed by atoms with E-state index in [2.05, 4.69) is 31.4 Å². The molecule has 3 nitrogen and oxygen atoms in total. The van der Waals surface area contributed by atoms with Gasteiger partial charge in [-0.1, -0.05) is 44.9 Å². The van der Waals surface area contributed by atoms with Gasteiger partial charge in [0.05, 0.1) is 6.04 Å². The van der Waals surface area contributed by atoms with Gasteiger partial charge >= 0.3 is 0 Å². The van der Waals surface area contributed by atoms with Crippen molar-refractivity contribution in [2.75, 3.05) is 0 Å². The molecule has 3 heteroatoms. The molecular formula is C15H22N2O. The van der Waals surface area contributed by atoms with Crippen LogP contribution in [0.2, 0.25) is 0 Å². The Morgan fingerprint density at radius 2 is 2.11 bits per heavy atom. The van der Waals surface area contributed by atoms with E-state index >= 15 is 0 Å². The van der Waals surface area contributed by atoms with Crippen molar-refractivity contribution in [1.82, 2.24) is 5.43 Å². The molecule has 1 aromatic heterocycles. The van der Waals surface area contributed by atoms with Crippen LogP contribution in [0.25, 0.3) is 11.0 Å². The summed E-state index contributed by atoms with van der Waals surface area (Å²) >= 11 is 0. The average Bonchev–Trinajstić information content (AvgIpc) is 2.79. The highest BCUT2D eigenvalue weighted by molar-refractivity contribution is 5.77. The minimum Gasteiger partial charge on any atom is -0.459 e. The van der Waals surface area contributed by atoms with Crippen LogP contribution in [-0.2, 0) is 0 Å². The highest BCUT2D eigenvalue weighted by atomic mass is 16.3. The van der Waals surface area contributed by atoms with Gasteiger partial charge in [0.15, 0.2) is 0 Å². The number of hydrogen-bond donors (Lipinski definition) is 2. The van der Waals surface area contributed by atoms with E-state index in [0.717, 1.165) is 23.2 Å². The van der Waals surface area contributed by atoms with Crippen LogP contribution in [-0.4, -0.2) is 0 Å². The van der Waals surface area contributed by atoms with E-state index in [-0.39, 0.29) is 6.04 Å². The van der Waals surface area contributed by atoms with Crippen LogP contribution in [0.1, 0.15) is 44.9 Å². The van der Waals surface area contributed by atoms with Gasteiger partial charge in [-0.15, -0.1) is 0 Å². The lowest BCUT2D eigenvalue weighted by molar-refractivity contribution is 0.351. The Labute approximate surface area is 108 Å². The third-order valence-electron chi connectivity index (χ3n) is 3.41. The molecule has 2 atom stereocenters. The minimum absolute atomic E-state index is 0.0962. The molecule has 0 aliphatic heterocycles. The van der Waals surface area contributed by atoms with Crippen molar-refractivity contribution in [2.45, 2.75) is 39.2 Å². The number of fused-ring (bicyclic) bond motifs is 1. The molecule has 0 bridgehead atoms. The summed E-state index contributed by atoms with van der Waals surface area (Å²) in [6, 6.07) is 10.2. The Hall–Kier alpha value is -1.32. The second-order valence-corrected chi connectivity index (χ2v) is 5.04. The number of para-hydroxylation sites is 1. The molecule has 0 saturated heterocycles. The van der Waals surface area contributed by atoms with Gasteiger partial charge in [-0.05, 0) is 24.5 Å². The predicted molar refractivity (Wildman–Crippen MR) is 75.0 cm³/mol. The molecule has 0 spiro atoms. The molecule has 3 N–H and O–H groups in total. The maximum Gasteiger partial charge on any atom is 0.134 e. The van der Waals surface area contributed by atoms with Crippen LogP contribution in [0.3, 0.4) is 0 Å². The fourth-order valence-electron chi connectivity index (χ4n) is 2.45. The smallest absolute Gasteiger partial charge is 0.134 e. The summed E-state index contributed by atoms with van der Waals surface area (Å²) in [7, 11) is 0. The summed E-state index contributed by atoms with van der Waals surface area (Å²) in [6.07, 6.45) is 3.43. The van der Waals surface area contributed by atoms with Crippen LogP contribution >= 0.6 is 0 Å². The molecule has 0 saturated carbocycles. The maximum absolute atomic E-state index is 5.86. The molecule has 2 unspecified atom stereocenters. The van der Waals surface area contributed by atoms with Crippen LogP contribution in [0.5, 0.6) is 0 Å². The zero-order valence-corrected chi connectivity index (χ0v) is 11.1. The van der Waals surface area contributed by atoms with Crippen LogP contribution in [0.15, 0.2) is 34.7 Å². The van der Waals surface area contributed by atoms with E-state index in [1.54, 1.807) is 0 Å². The average molecular weight is 246 g/mol. The third-order valence-corrected chi connectivity index (χ3v) is 3.41. The van der Waals surface area contributed by atoms with Gasteiger partial charge in [0.25, 0.3) is 0 Å². The van der Waals surface area contributed by atoms with E-state index < -0.39 is 0 Å². The van der Waals surface area contributed by atoms with Gasteiger partial charge in [0.2, 0.25) is 0 Å². The minimum atomic E-state index is 0.0962. The van der Waals surface area contributed by atoms with Gasteiger partial charge in [0.1, 0.15) is 11.3 Å². The second kappa shape index (κ2) is 6.03. The van der Waals surface area contributed by atoms with Crippen LogP contribution in [0, 0.1) is 5.92 Å². The Morgan fingerprint density at radius 1 is 1.33 bits per heavy atom. The van der Waals surface area contributed by atoms with Gasteiger partial charge < -0.3 is 4.42 Å². The normalized spacial score (nSPS) is 14.8. The first-order valence-electron chi connectivity index (χ1n) is 6.69. The van der Waals surface area contributed by atoms with Gasteiger partial charge in [-0.3, -0.25) is 5.84 Å². The Kier molecular flexibility index (Phi) is 4.39. The van der Waals surface area contributed by atoms with Crippen LogP contribution in [0.4, 0.5) is 0 Å². The zero-order chi connectivity index (χ0) is 13.0. The first-order chi connectivity index (χ1) is 8.74. The summed E-state index contributed by atoms with van der Waals surface area (Å²) in [6.45, 7) is 4.47. The first-order valence-corrected chi connectivity index (χ1v) is 6.69. The molecule has 0 radical (unpaired) electrons. The number of hydrazine groups is 1. The molecule has 2 aromatic rings. The standard InChI is InChI=1S/C15H22N2O/c1-3-6-11(2)9-13(17-16)15-10-12-7-4-5-8-14(12)18-15/h4-5,7-8,10-11,13,17H,3,6,9,16H2,1-2H3. The second-order valence-electron chi connectivity index (χ2n) is 5.04. The number of furan rings is 1. The summed E-state index contributed by atoms with van der Waals surface area (Å²) < 4.78 is 5.86. The number of rotatable bonds is 6. The zero-order valence-electron chi connectivity index (χ0n) is 11.1. The summed E-state index contributed by atoms with van der Waals surface area (Å²) in [4.78, 5) is 0. The van der Waals surface area contributed by atoms with Crippen molar-refractivity contribution in [3.63, 3.8) is 0 Å². The molecular weight excluding hydrogens is 224 g/mol. The monoisotopic (exact) mass is 246 g/mol. The highest BCUT2D eigenvalue weighted by Gasteiger charge is 2.17. The van der Waals surface area contributed by atoms with E-state index in [1.807, 2.05) is 18.2 Å². The number of benzene rings is 1. The lowest BCUT2D eigenvalue weighted by Gasteiger charge is -2.17. The van der Waals surface area contributed by atoms with E-state index in [1.165, 1.54) is 12.8 Å². The van der Waals surface area contributed by atoms with Crippen molar-refractivity contribution < 1.29 is 4.42 Å². The quantitative estimate of drug-likeness (QED) is 0.602. The predicted octanol–water partition coefficient (Wildman–Crippen LogP) is 3.76. The Balaban J connectivity index is 2.16. The Bertz CT molecular complexity index is 459. The number of hydrogen-bond acceptors (Lipinski definition) is 3. The van der Waals surface area contributed by atoms with Gasteiger partial charge in [0, 0.05) is 5.39 Å². The molecule has 0 aliphatic rings. The third kappa shape index (κ3) is 2.92. The molecule has 2 rings (SSSR count). The molecule has 1 aromatic carbocycles. The largest absolute Gasteiger partial charge is 0.459 e. The lowest BCUT2D eigenvalue weighted by atomic mass is 9.96. The topological polar surface area (TPSA) is 51.2 Å². The van der Waals surface area contributed by atoms with Gasteiger partial charge in [-0.25, -0.2) is 5.43 Å². The summed E-state index contributed by atoms with van der Waals surface area (Å²) in [5.41, 5.74) is 3.80. The molecule has 1 heterocycles. The van der Waals surface area contributed by atoms with E-state index in [9.17, 15) is 0 Å². The van der Waals surface area contributed by atoms with E-state index in [0.29, 0.717) is 5.92 Å². The van der Waals surface area contributed by atoms with Crippen molar-refractivity contribution in [2.24, 2.45) is 11.8 Å². The van der Waals surface area contributed by atoms with Crippen LogP contribution < -0.4 is 11.3 Å². The van der Waals surface area contributed by atoms with E-state index in [4.69, 9.17) is 10.3 Å². The van der Waals surface area contributed by atoms with Gasteiger partial charge in [-0.2, -0.15) is 0 Å². The maximum atomic E-state index is 5.86. The Morgan fingerprint density at radius 3 is 2.78 bits per heavy atom. The van der Waals surface area contributed by atoms with Crippen molar-refractivity contribution in [1.29, 1.82) is 0 Å². The molecule has 0 fully saturated rings. The number of nitrogens with one attached hydrogen (secondary N) is 1. The molecule has 98 valence electrons. The molecule has 18 heavy (non-hydrogen) atoms. The molecule has 0 aliphatic carbocycles. The molecule has 0 amide bonds. The lowest BCUT2D eigenvalue weighted by Crippen LogP contribution is -2.29. The van der Waals surface area contributed by atoms with Crippen molar-refractivity contribution >= 4 is 11.0 Å². The fraction of sp³-hybridized carbons (Fsp3) is 0.467. The summed E-state index contributed by atoms with van der Waals surface area (Å²) in [5, 5.41) is 1.14. The first kappa shape index (κ1) is 13.1. The number of nitrogens with two attached hydrogens (primary N) is 1. The van der Waals surface area contributed by atoms with Crippen molar-refractivity contribution in [3.8, 4) is 0 Å². The fourth-order valence-corrected chi connectivity index (χ4v) is 2.45. The van der Waals surface area contributed by atoms with Crippen molar-refractivity contribution in [3.05, 3.63) is 36.1 Å². The summed E-state index contributed by atoms with van der Waals surface area (Å²) in [5.74, 6) is 7.24. The SMILES string of the molecule is CCCC(C)CC(NN)c1cc2ccccc2o1. The highest BCUT2D eigenvalue weighted by Crippen LogP contribution is 2.28.